The van der Waals surface area contributed by atoms with Crippen LogP contribution in [0, 0.1) is 21.4 Å². The van der Waals surface area contributed by atoms with E-state index in [1.165, 1.54) is 12.3 Å². The molecule has 1 saturated carbocycles. The fraction of sp³-hybridized carbons (Fsp3) is 0.571. The van der Waals surface area contributed by atoms with Crippen LogP contribution in [0.5, 0.6) is 0 Å². The number of nitro groups is 1. The maximum absolute atomic E-state index is 11.3. The number of hydrogen-bond donors (Lipinski definition) is 2. The molecule has 1 fully saturated rings. The third-order valence-electron chi connectivity index (χ3n) is 4.21. The molecule has 114 valence electrons. The summed E-state index contributed by atoms with van der Waals surface area (Å²) in [6, 6.07) is 1.36. The van der Waals surface area contributed by atoms with Gasteiger partial charge < -0.3 is 11.1 Å². The molecule has 1 aliphatic rings. The van der Waals surface area contributed by atoms with Crippen molar-refractivity contribution in [3.8, 4) is 0 Å². The van der Waals surface area contributed by atoms with Gasteiger partial charge in [0.25, 0.3) is 5.91 Å². The molecule has 3 N–H and O–H groups in total. The molecule has 0 aromatic carbocycles. The van der Waals surface area contributed by atoms with Crippen LogP contribution in [0.1, 0.15) is 44.0 Å². The van der Waals surface area contributed by atoms with Crippen LogP contribution in [-0.2, 0) is 0 Å². The normalized spacial score (nSPS) is 20.6. The summed E-state index contributed by atoms with van der Waals surface area (Å²) in [5.74, 6) is -0.265. The molecule has 7 nitrogen and oxygen atoms in total. The smallest absolute Gasteiger partial charge is 0.324 e. The number of amides is 1. The Morgan fingerprint density at radius 1 is 1.67 bits per heavy atom. The molecule has 2 rings (SSSR count). The van der Waals surface area contributed by atoms with Crippen LogP contribution < -0.4 is 11.1 Å². The highest BCUT2D eigenvalue weighted by Gasteiger charge is 2.49. The summed E-state index contributed by atoms with van der Waals surface area (Å²) in [7, 11) is 0. The van der Waals surface area contributed by atoms with Crippen LogP contribution in [0.2, 0.25) is 0 Å². The highest BCUT2D eigenvalue weighted by atomic mass is 16.6. The van der Waals surface area contributed by atoms with Crippen molar-refractivity contribution in [2.75, 3.05) is 5.32 Å². The summed E-state index contributed by atoms with van der Waals surface area (Å²) in [6.45, 7) is 6.36. The van der Waals surface area contributed by atoms with Crippen molar-refractivity contribution < 1.29 is 9.72 Å². The van der Waals surface area contributed by atoms with Gasteiger partial charge in [0.15, 0.2) is 0 Å². The fourth-order valence-electron chi connectivity index (χ4n) is 2.80. The Kier molecular flexibility index (Phi) is 3.85. The van der Waals surface area contributed by atoms with Gasteiger partial charge in [0.2, 0.25) is 5.82 Å². The molecule has 0 aliphatic heterocycles. The summed E-state index contributed by atoms with van der Waals surface area (Å²) in [6.07, 6.45) is 3.26. The summed E-state index contributed by atoms with van der Waals surface area (Å²) in [5, 5.41) is 14.4. The Morgan fingerprint density at radius 3 is 2.71 bits per heavy atom. The molecule has 1 aromatic heterocycles. The van der Waals surface area contributed by atoms with Crippen LogP contribution >= 0.6 is 0 Å². The fourth-order valence-corrected chi connectivity index (χ4v) is 2.80. The molecule has 2 atom stereocenters. The average molecular weight is 292 g/mol. The molecule has 0 saturated heterocycles. The maximum atomic E-state index is 11.3. The van der Waals surface area contributed by atoms with Gasteiger partial charge in [-0.05, 0) is 30.2 Å². The van der Waals surface area contributed by atoms with Gasteiger partial charge in [0, 0.05) is 12.2 Å². The molecule has 1 heterocycles. The van der Waals surface area contributed by atoms with E-state index in [2.05, 4.69) is 24.1 Å². The molecular formula is C14H20N4O3. The third kappa shape index (κ3) is 2.96. The van der Waals surface area contributed by atoms with Crippen molar-refractivity contribution in [2.45, 2.75) is 39.7 Å². The molecule has 1 aliphatic carbocycles. The van der Waals surface area contributed by atoms with Crippen LogP contribution in [0.4, 0.5) is 11.5 Å². The molecule has 0 bridgehead atoms. The number of nitrogens with zero attached hydrogens (tertiary/aromatic N) is 2. The first kappa shape index (κ1) is 15.2. The number of nitrogens with two attached hydrogens (primary N) is 1. The number of pyridine rings is 1. The van der Waals surface area contributed by atoms with Crippen molar-refractivity contribution in [2.24, 2.45) is 17.1 Å². The summed E-state index contributed by atoms with van der Waals surface area (Å²) < 4.78 is 0. The molecule has 1 amide bonds. The van der Waals surface area contributed by atoms with Gasteiger partial charge in [0.1, 0.15) is 5.56 Å². The number of carbonyl (C=O) groups is 1. The Bertz CT molecular complexity index is 586. The van der Waals surface area contributed by atoms with E-state index >= 15 is 0 Å². The van der Waals surface area contributed by atoms with E-state index in [0.717, 1.165) is 12.8 Å². The Hall–Kier alpha value is -2.18. The van der Waals surface area contributed by atoms with Gasteiger partial charge in [0.05, 0.1) is 4.92 Å². The summed E-state index contributed by atoms with van der Waals surface area (Å²) >= 11 is 0. The number of primary amides is 1. The maximum Gasteiger partial charge on any atom is 0.324 e. The molecule has 1 aromatic rings. The van der Waals surface area contributed by atoms with Gasteiger partial charge in [-0.1, -0.05) is 20.8 Å². The van der Waals surface area contributed by atoms with Crippen molar-refractivity contribution in [3.05, 3.63) is 27.9 Å². The van der Waals surface area contributed by atoms with Gasteiger partial charge in [-0.3, -0.25) is 14.9 Å². The lowest BCUT2D eigenvalue weighted by Crippen LogP contribution is -2.25. The molecule has 7 heteroatoms. The number of nitrogens with one attached hydrogen (secondary N) is 1. The second-order valence-electron chi connectivity index (χ2n) is 6.14. The first-order valence-electron chi connectivity index (χ1n) is 6.97. The van der Waals surface area contributed by atoms with E-state index in [4.69, 9.17) is 5.73 Å². The van der Waals surface area contributed by atoms with Crippen LogP contribution in [0.25, 0.3) is 0 Å². The Labute approximate surface area is 123 Å². The minimum Gasteiger partial charge on any atom is -0.365 e. The first-order chi connectivity index (χ1) is 9.77. The first-order valence-corrected chi connectivity index (χ1v) is 6.97. The van der Waals surface area contributed by atoms with Gasteiger partial charge in [-0.15, -0.1) is 0 Å². The molecule has 21 heavy (non-hydrogen) atoms. The van der Waals surface area contributed by atoms with Crippen molar-refractivity contribution in [3.63, 3.8) is 0 Å². The SMILES string of the molecule is CC[C@@H](Nc1nccc(C(N)=O)c1[N+](=O)[O-])[C@@H]1CC1(C)C. The standard InChI is InChI=1S/C14H20N4O3/c1-4-10(9-7-14(9,2)3)17-13-11(18(20)21)8(12(15)19)5-6-16-13/h5-6,9-10H,4,7H2,1-3H3,(H2,15,19)(H,16,17)/t9-,10+/m0/s1. The lowest BCUT2D eigenvalue weighted by Gasteiger charge is -2.19. The summed E-state index contributed by atoms with van der Waals surface area (Å²) in [5.41, 5.74) is 4.97. The lowest BCUT2D eigenvalue weighted by atomic mass is 10.0. The number of aromatic nitrogens is 1. The minimum atomic E-state index is -0.827. The van der Waals surface area contributed by atoms with Crippen molar-refractivity contribution in [1.82, 2.24) is 4.98 Å². The second kappa shape index (κ2) is 5.31. The molecule has 0 radical (unpaired) electrons. The van der Waals surface area contributed by atoms with E-state index in [1.807, 2.05) is 6.92 Å². The second-order valence-corrected chi connectivity index (χ2v) is 6.14. The van der Waals surface area contributed by atoms with E-state index in [0.29, 0.717) is 5.92 Å². The summed E-state index contributed by atoms with van der Waals surface area (Å²) in [4.78, 5) is 26.0. The number of rotatable bonds is 6. The van der Waals surface area contributed by atoms with Crippen LogP contribution in [0.15, 0.2) is 12.3 Å². The highest BCUT2D eigenvalue weighted by molar-refractivity contribution is 5.98. The third-order valence-corrected chi connectivity index (χ3v) is 4.21. The lowest BCUT2D eigenvalue weighted by molar-refractivity contribution is -0.384. The van der Waals surface area contributed by atoms with Gasteiger partial charge >= 0.3 is 5.69 Å². The van der Waals surface area contributed by atoms with E-state index in [1.54, 1.807) is 0 Å². The molecule has 0 unspecified atom stereocenters. The zero-order valence-corrected chi connectivity index (χ0v) is 12.4. The topological polar surface area (TPSA) is 111 Å². The van der Waals surface area contributed by atoms with Crippen LogP contribution in [0.3, 0.4) is 0 Å². The minimum absolute atomic E-state index is 0.0920. The zero-order valence-electron chi connectivity index (χ0n) is 12.4. The van der Waals surface area contributed by atoms with Crippen LogP contribution in [-0.4, -0.2) is 21.9 Å². The molecule has 0 spiro atoms. The van der Waals surface area contributed by atoms with E-state index in [9.17, 15) is 14.9 Å². The zero-order chi connectivity index (χ0) is 15.8. The van der Waals surface area contributed by atoms with Gasteiger partial charge in [-0.2, -0.15) is 0 Å². The van der Waals surface area contributed by atoms with Crippen molar-refractivity contribution >= 4 is 17.4 Å². The van der Waals surface area contributed by atoms with Crippen molar-refractivity contribution in [1.29, 1.82) is 0 Å². The Balaban J connectivity index is 2.33. The predicted molar refractivity (Wildman–Crippen MR) is 79.0 cm³/mol. The Morgan fingerprint density at radius 2 is 2.29 bits per heavy atom. The number of hydrogen-bond acceptors (Lipinski definition) is 5. The monoisotopic (exact) mass is 292 g/mol. The quantitative estimate of drug-likeness (QED) is 0.617. The average Bonchev–Trinajstić information content (AvgIpc) is 3.03. The largest absolute Gasteiger partial charge is 0.365 e. The number of anilines is 1. The van der Waals surface area contributed by atoms with E-state index in [-0.39, 0.29) is 28.5 Å². The van der Waals surface area contributed by atoms with Gasteiger partial charge in [-0.25, -0.2) is 4.98 Å². The van der Waals surface area contributed by atoms with E-state index < -0.39 is 10.8 Å². The molecular weight excluding hydrogens is 272 g/mol. The predicted octanol–water partition coefficient (Wildman–Crippen LogP) is 2.33. The number of carbonyl (C=O) groups excluding carboxylic acids is 1. The highest BCUT2D eigenvalue weighted by Crippen LogP contribution is 2.54.